The van der Waals surface area contributed by atoms with E-state index in [0.717, 1.165) is 23.7 Å². The first-order valence-corrected chi connectivity index (χ1v) is 10.5. The first kappa shape index (κ1) is 16.8. The van der Waals surface area contributed by atoms with Gasteiger partial charge in [-0.05, 0) is 97.7 Å². The Labute approximate surface area is 152 Å². The summed E-state index contributed by atoms with van der Waals surface area (Å²) < 4.78 is 1.19. The highest BCUT2D eigenvalue weighted by Crippen LogP contribution is 2.44. The highest BCUT2D eigenvalue weighted by atomic mass is 79.9. The molecule has 0 unspecified atom stereocenters. The zero-order valence-electron chi connectivity index (χ0n) is 13.2. The van der Waals surface area contributed by atoms with Gasteiger partial charge in [-0.3, -0.25) is 0 Å². The number of benzene rings is 1. The molecule has 0 amide bonds. The van der Waals surface area contributed by atoms with Gasteiger partial charge in [0, 0.05) is 4.47 Å². The van der Waals surface area contributed by atoms with E-state index in [1.165, 1.54) is 55.8 Å². The van der Waals surface area contributed by atoms with Crippen LogP contribution in [0.1, 0.15) is 62.8 Å². The summed E-state index contributed by atoms with van der Waals surface area (Å²) >= 11 is 6.97. The van der Waals surface area contributed by atoms with Crippen LogP contribution in [-0.2, 0) is 0 Å². The van der Waals surface area contributed by atoms with Gasteiger partial charge < -0.3 is 0 Å². The molecule has 2 saturated carbocycles. The standard InChI is InChI=1S/C20H26Br2/c21-14-13-15-1-3-16(4-2-15)17-5-7-18(8-6-17)19-9-11-20(22)12-10-19/h9-18H,1-8H2/b14-13+/t15-,16-,17?,18?. The van der Waals surface area contributed by atoms with Crippen LogP contribution in [0.2, 0.25) is 0 Å². The third-order valence-corrected chi connectivity index (χ3v) is 6.78. The number of hydrogen-bond acceptors (Lipinski definition) is 0. The van der Waals surface area contributed by atoms with E-state index in [-0.39, 0.29) is 0 Å². The molecule has 2 aliphatic rings. The lowest BCUT2D eigenvalue weighted by molar-refractivity contribution is 0.171. The molecule has 0 aromatic heterocycles. The minimum atomic E-state index is 0.803. The predicted octanol–water partition coefficient (Wildman–Crippen LogP) is 7.44. The number of rotatable bonds is 3. The predicted molar refractivity (Wildman–Crippen MR) is 102 cm³/mol. The number of hydrogen-bond donors (Lipinski definition) is 0. The number of allylic oxidation sites excluding steroid dienone is 1. The maximum atomic E-state index is 3.54. The second kappa shape index (κ2) is 8.15. The van der Waals surface area contributed by atoms with Crippen molar-refractivity contribution in [3.8, 4) is 0 Å². The Morgan fingerprint density at radius 3 is 1.86 bits per heavy atom. The van der Waals surface area contributed by atoms with Crippen LogP contribution in [0.3, 0.4) is 0 Å². The smallest absolute Gasteiger partial charge is 0.0175 e. The highest BCUT2D eigenvalue weighted by Gasteiger charge is 2.30. The van der Waals surface area contributed by atoms with Gasteiger partial charge >= 0.3 is 0 Å². The Morgan fingerprint density at radius 2 is 1.32 bits per heavy atom. The Hall–Kier alpha value is -0.0800. The summed E-state index contributed by atoms with van der Waals surface area (Å²) in [6.45, 7) is 0. The molecule has 0 radical (unpaired) electrons. The number of halogens is 2. The maximum Gasteiger partial charge on any atom is 0.0175 e. The molecule has 0 bridgehead atoms. The van der Waals surface area contributed by atoms with E-state index in [2.05, 4.69) is 67.2 Å². The minimum Gasteiger partial charge on any atom is -0.0745 e. The van der Waals surface area contributed by atoms with Crippen LogP contribution < -0.4 is 0 Å². The van der Waals surface area contributed by atoms with E-state index < -0.39 is 0 Å². The van der Waals surface area contributed by atoms with Crippen molar-refractivity contribution in [2.24, 2.45) is 17.8 Å². The van der Waals surface area contributed by atoms with Crippen molar-refractivity contribution in [3.05, 3.63) is 45.4 Å². The zero-order valence-corrected chi connectivity index (χ0v) is 16.4. The highest BCUT2D eigenvalue weighted by molar-refractivity contribution is 9.11. The molecule has 0 heterocycles. The second-order valence-electron chi connectivity index (χ2n) is 7.16. The van der Waals surface area contributed by atoms with Gasteiger partial charge in [-0.1, -0.05) is 50.1 Å². The summed E-state index contributed by atoms with van der Waals surface area (Å²) in [7, 11) is 0. The van der Waals surface area contributed by atoms with Gasteiger partial charge in [-0.25, -0.2) is 0 Å². The van der Waals surface area contributed by atoms with Gasteiger partial charge in [0.1, 0.15) is 0 Å². The summed E-state index contributed by atoms with van der Waals surface area (Å²) in [5.74, 6) is 3.64. The van der Waals surface area contributed by atoms with Crippen molar-refractivity contribution < 1.29 is 0 Å². The third kappa shape index (κ3) is 4.26. The lowest BCUT2D eigenvalue weighted by atomic mass is 9.68. The van der Waals surface area contributed by atoms with Crippen LogP contribution in [-0.4, -0.2) is 0 Å². The average molecular weight is 426 g/mol. The molecular formula is C20H26Br2. The molecule has 22 heavy (non-hydrogen) atoms. The van der Waals surface area contributed by atoms with Crippen molar-refractivity contribution in [1.29, 1.82) is 0 Å². The van der Waals surface area contributed by atoms with E-state index in [1.54, 1.807) is 5.56 Å². The second-order valence-corrected chi connectivity index (χ2v) is 8.60. The fraction of sp³-hybridized carbons (Fsp3) is 0.600. The Balaban J connectivity index is 1.49. The average Bonchev–Trinajstić information content (AvgIpc) is 2.57. The summed E-state index contributed by atoms with van der Waals surface area (Å²) in [6.07, 6.45) is 13.8. The summed E-state index contributed by atoms with van der Waals surface area (Å²) in [5.41, 5.74) is 1.55. The van der Waals surface area contributed by atoms with Gasteiger partial charge in [0.15, 0.2) is 0 Å². The van der Waals surface area contributed by atoms with E-state index >= 15 is 0 Å². The molecule has 0 spiro atoms. The van der Waals surface area contributed by atoms with Gasteiger partial charge in [-0.2, -0.15) is 0 Å². The van der Waals surface area contributed by atoms with Crippen molar-refractivity contribution in [3.63, 3.8) is 0 Å². The normalized spacial score (nSPS) is 33.2. The summed E-state index contributed by atoms with van der Waals surface area (Å²) in [4.78, 5) is 2.06. The first-order valence-electron chi connectivity index (χ1n) is 8.78. The van der Waals surface area contributed by atoms with Crippen LogP contribution in [0.25, 0.3) is 0 Å². The molecule has 0 aliphatic heterocycles. The molecule has 3 rings (SSSR count). The molecule has 0 atom stereocenters. The fourth-order valence-electron chi connectivity index (χ4n) is 4.57. The first-order chi connectivity index (χ1) is 10.8. The molecule has 1 aromatic carbocycles. The van der Waals surface area contributed by atoms with Crippen molar-refractivity contribution in [2.75, 3.05) is 0 Å². The molecular weight excluding hydrogens is 400 g/mol. The quantitative estimate of drug-likeness (QED) is 0.471. The monoisotopic (exact) mass is 424 g/mol. The van der Waals surface area contributed by atoms with Gasteiger partial charge in [0.05, 0.1) is 0 Å². The maximum absolute atomic E-state index is 3.54. The van der Waals surface area contributed by atoms with Gasteiger partial charge in [0.25, 0.3) is 0 Å². The largest absolute Gasteiger partial charge is 0.0745 e. The topological polar surface area (TPSA) is 0 Å². The molecule has 2 aliphatic carbocycles. The van der Waals surface area contributed by atoms with Crippen LogP contribution in [0, 0.1) is 17.8 Å². The Kier molecular flexibility index (Phi) is 6.21. The van der Waals surface area contributed by atoms with E-state index in [9.17, 15) is 0 Å². The Bertz CT molecular complexity index is 475. The van der Waals surface area contributed by atoms with Crippen LogP contribution in [0.15, 0.2) is 39.8 Å². The molecule has 2 fully saturated rings. The molecule has 120 valence electrons. The van der Waals surface area contributed by atoms with Gasteiger partial charge in [0.2, 0.25) is 0 Å². The van der Waals surface area contributed by atoms with Crippen LogP contribution in [0.5, 0.6) is 0 Å². The summed E-state index contributed by atoms with van der Waals surface area (Å²) in [6, 6.07) is 9.01. The fourth-order valence-corrected chi connectivity index (χ4v) is 5.27. The summed E-state index contributed by atoms with van der Waals surface area (Å²) in [5, 5.41) is 0. The van der Waals surface area contributed by atoms with Crippen molar-refractivity contribution in [1.82, 2.24) is 0 Å². The minimum absolute atomic E-state index is 0.803. The zero-order chi connectivity index (χ0) is 15.4. The van der Waals surface area contributed by atoms with E-state index in [4.69, 9.17) is 0 Å². The lowest BCUT2D eigenvalue weighted by Gasteiger charge is -2.37. The molecule has 0 N–H and O–H groups in total. The Morgan fingerprint density at radius 1 is 0.773 bits per heavy atom. The van der Waals surface area contributed by atoms with E-state index in [0.29, 0.717) is 0 Å². The molecule has 1 aromatic rings. The molecule has 2 heteroatoms. The lowest BCUT2D eigenvalue weighted by Crippen LogP contribution is -2.25. The third-order valence-electron chi connectivity index (χ3n) is 5.94. The van der Waals surface area contributed by atoms with Crippen LogP contribution >= 0.6 is 31.9 Å². The molecule has 0 nitrogen and oxygen atoms in total. The van der Waals surface area contributed by atoms with Crippen LogP contribution in [0.4, 0.5) is 0 Å². The van der Waals surface area contributed by atoms with Gasteiger partial charge in [-0.15, -0.1) is 0 Å². The van der Waals surface area contributed by atoms with E-state index in [1.807, 2.05) is 0 Å². The van der Waals surface area contributed by atoms with Crippen molar-refractivity contribution >= 4 is 31.9 Å². The van der Waals surface area contributed by atoms with Crippen molar-refractivity contribution in [2.45, 2.75) is 57.3 Å². The molecule has 0 saturated heterocycles. The SMILES string of the molecule is Br/C=C/[C@H]1CC[C@H](C2CCC(c3ccc(Br)cc3)CC2)CC1.